The SMILES string of the molecule is CN(C)CCN(C)c1nc(-c2ccccc2)nc(NCCN2CCOCC2)c1N.CN(C)CCn1cnc2c(NCCN3CCOCC3)nc(-c3ccccc3)nc21.COC(OC)OC. The summed E-state index contributed by atoms with van der Waals surface area (Å²) < 4.78 is 26.8. The van der Waals surface area contributed by atoms with Gasteiger partial charge >= 0.3 is 0 Å². The molecule has 0 amide bonds. The van der Waals surface area contributed by atoms with Crippen molar-refractivity contribution in [2.24, 2.45) is 0 Å². The van der Waals surface area contributed by atoms with E-state index in [-0.39, 0.29) is 0 Å². The Bertz CT molecular complexity index is 2070. The molecule has 2 aliphatic rings. The van der Waals surface area contributed by atoms with Gasteiger partial charge in [0.25, 0.3) is 6.48 Å². The molecular formula is C46H72N14O5. The van der Waals surface area contributed by atoms with Crippen molar-refractivity contribution in [3.05, 3.63) is 67.0 Å². The third-order valence-electron chi connectivity index (χ3n) is 10.7. The van der Waals surface area contributed by atoms with Gasteiger partial charge in [0.2, 0.25) is 0 Å². The number of benzene rings is 2. The summed E-state index contributed by atoms with van der Waals surface area (Å²) >= 11 is 0. The molecule has 65 heavy (non-hydrogen) atoms. The normalized spacial score (nSPS) is 14.6. The smallest absolute Gasteiger partial charge is 0.270 e. The highest BCUT2D eigenvalue weighted by Gasteiger charge is 2.19. The molecule has 356 valence electrons. The monoisotopic (exact) mass is 901 g/mol. The standard InChI is InChI=1S/C21H29N7O.C21H33N7O.C4H10O3/c1-26(2)10-11-28-16-23-18-20(22-8-9-27-12-14-29-15-13-27)24-19(25-21(18)28)17-6-4-3-5-7-17;1-26(2)11-12-27(3)21-18(22)20(23-9-10-28-13-15-29-16-14-28)24-19(25-21)17-7-5-4-6-8-17;1-5-4(6-2)7-3/h3-7,16H,8-15H2,1-2H3,(H,22,24,25);4-8H,9-16,22H2,1-3H3,(H,23,24,25);4H,1-3H3. The number of imidazole rings is 1. The van der Waals surface area contributed by atoms with E-state index in [4.69, 9.17) is 35.1 Å². The van der Waals surface area contributed by atoms with E-state index in [0.29, 0.717) is 17.3 Å². The number of nitrogen functional groups attached to an aromatic ring is 1. The van der Waals surface area contributed by atoms with Gasteiger partial charge in [-0.05, 0) is 28.2 Å². The van der Waals surface area contributed by atoms with E-state index in [1.165, 1.54) is 21.3 Å². The average molecular weight is 901 g/mol. The van der Waals surface area contributed by atoms with Crippen LogP contribution in [0.2, 0.25) is 0 Å². The minimum atomic E-state index is -0.514. The Kier molecular flexibility index (Phi) is 21.5. The topological polar surface area (TPSA) is 182 Å². The second-order valence-corrected chi connectivity index (χ2v) is 16.2. The molecule has 0 aliphatic carbocycles. The highest BCUT2D eigenvalue weighted by atomic mass is 16.8. The van der Waals surface area contributed by atoms with Crippen molar-refractivity contribution in [3.8, 4) is 22.8 Å². The largest absolute Gasteiger partial charge is 0.393 e. The second-order valence-electron chi connectivity index (χ2n) is 16.2. The number of rotatable bonds is 20. The van der Waals surface area contributed by atoms with Gasteiger partial charge in [0.1, 0.15) is 11.2 Å². The van der Waals surface area contributed by atoms with Crippen LogP contribution in [-0.4, -0.2) is 211 Å². The van der Waals surface area contributed by atoms with Crippen LogP contribution in [0.15, 0.2) is 67.0 Å². The summed E-state index contributed by atoms with van der Waals surface area (Å²) in [6, 6.07) is 20.1. The van der Waals surface area contributed by atoms with E-state index in [0.717, 1.165) is 145 Å². The maximum Gasteiger partial charge on any atom is 0.270 e. The Hall–Kier alpha value is -5.09. The lowest BCUT2D eigenvalue weighted by molar-refractivity contribution is -0.252. The average Bonchev–Trinajstić information content (AvgIpc) is 3.76. The Balaban J connectivity index is 0.000000213. The van der Waals surface area contributed by atoms with Gasteiger partial charge in [0.15, 0.2) is 34.7 Å². The zero-order chi connectivity index (χ0) is 46.4. The molecule has 0 spiro atoms. The lowest BCUT2D eigenvalue weighted by Crippen LogP contribution is -2.39. The quantitative estimate of drug-likeness (QED) is 0.0966. The Morgan fingerprint density at radius 2 is 1.12 bits per heavy atom. The lowest BCUT2D eigenvalue weighted by Gasteiger charge is -2.27. The fourth-order valence-electron chi connectivity index (χ4n) is 6.91. The van der Waals surface area contributed by atoms with Crippen LogP contribution in [0.4, 0.5) is 23.1 Å². The van der Waals surface area contributed by atoms with E-state index in [9.17, 15) is 0 Å². The number of nitrogens with two attached hydrogens (primary N) is 1. The molecule has 7 rings (SSSR count). The molecule has 0 radical (unpaired) electrons. The minimum absolute atomic E-state index is 0.514. The van der Waals surface area contributed by atoms with Crippen LogP contribution in [-0.2, 0) is 30.2 Å². The molecule has 2 fully saturated rings. The zero-order valence-electron chi connectivity index (χ0n) is 39.8. The molecule has 4 N–H and O–H groups in total. The van der Waals surface area contributed by atoms with Crippen molar-refractivity contribution in [2.75, 3.05) is 176 Å². The number of methoxy groups -OCH3 is 3. The van der Waals surface area contributed by atoms with Gasteiger partial charge in [0.05, 0.1) is 32.8 Å². The molecule has 2 saturated heterocycles. The number of morpholine rings is 2. The molecule has 2 aliphatic heterocycles. The van der Waals surface area contributed by atoms with Crippen LogP contribution in [0, 0.1) is 0 Å². The number of nitrogens with zero attached hydrogens (tertiary/aromatic N) is 11. The molecule has 0 bridgehead atoms. The molecule has 0 unspecified atom stereocenters. The van der Waals surface area contributed by atoms with E-state index in [1.807, 2.05) is 74.0 Å². The third-order valence-corrected chi connectivity index (χ3v) is 10.7. The van der Waals surface area contributed by atoms with Crippen molar-refractivity contribution in [1.82, 2.24) is 49.1 Å². The number of anilines is 4. The number of nitrogens with one attached hydrogen (secondary N) is 2. The van der Waals surface area contributed by atoms with Crippen molar-refractivity contribution < 1.29 is 23.7 Å². The van der Waals surface area contributed by atoms with Gasteiger partial charge < -0.3 is 59.3 Å². The summed E-state index contributed by atoms with van der Waals surface area (Å²) in [6.07, 6.45) is 1.87. The Labute approximate surface area is 385 Å². The van der Waals surface area contributed by atoms with Gasteiger partial charge in [0, 0.05) is 118 Å². The van der Waals surface area contributed by atoms with Crippen LogP contribution < -0.4 is 21.3 Å². The first-order valence-electron chi connectivity index (χ1n) is 22.3. The molecule has 5 heterocycles. The number of aromatic nitrogens is 6. The van der Waals surface area contributed by atoms with Gasteiger partial charge in [-0.3, -0.25) is 9.80 Å². The summed E-state index contributed by atoms with van der Waals surface area (Å²) in [5.74, 6) is 3.65. The first kappa shape index (κ1) is 50.9. The second kappa shape index (κ2) is 27.4. The number of ether oxygens (including phenoxy) is 5. The van der Waals surface area contributed by atoms with Crippen LogP contribution in [0.5, 0.6) is 0 Å². The van der Waals surface area contributed by atoms with Crippen molar-refractivity contribution in [1.29, 1.82) is 0 Å². The highest BCUT2D eigenvalue weighted by molar-refractivity contribution is 5.85. The minimum Gasteiger partial charge on any atom is -0.393 e. The number of hydrogen-bond donors (Lipinski definition) is 3. The zero-order valence-corrected chi connectivity index (χ0v) is 39.8. The summed E-state index contributed by atoms with van der Waals surface area (Å²) in [4.78, 5) is 35.0. The number of hydrogen-bond acceptors (Lipinski definition) is 18. The summed E-state index contributed by atoms with van der Waals surface area (Å²) in [7, 11) is 14.8. The van der Waals surface area contributed by atoms with E-state index >= 15 is 0 Å². The molecule has 0 atom stereocenters. The van der Waals surface area contributed by atoms with Gasteiger partial charge in [-0.15, -0.1) is 0 Å². The Morgan fingerprint density at radius 1 is 0.631 bits per heavy atom. The molecule has 19 nitrogen and oxygen atoms in total. The maximum absolute atomic E-state index is 6.48. The molecule has 2 aromatic carbocycles. The molecular weight excluding hydrogens is 829 g/mol. The molecule has 5 aromatic rings. The number of likely N-dealkylation sites (N-methyl/N-ethyl adjacent to an activating group) is 3. The fourth-order valence-corrected chi connectivity index (χ4v) is 6.91. The van der Waals surface area contributed by atoms with Crippen molar-refractivity contribution in [3.63, 3.8) is 0 Å². The van der Waals surface area contributed by atoms with Crippen LogP contribution >= 0.6 is 0 Å². The highest BCUT2D eigenvalue weighted by Crippen LogP contribution is 2.30. The van der Waals surface area contributed by atoms with Gasteiger partial charge in [-0.1, -0.05) is 60.7 Å². The first-order valence-corrected chi connectivity index (χ1v) is 22.3. The molecule has 3 aromatic heterocycles. The number of fused-ring (bicyclic) bond motifs is 1. The maximum atomic E-state index is 6.48. The predicted molar refractivity (Wildman–Crippen MR) is 259 cm³/mol. The third kappa shape index (κ3) is 16.4. The van der Waals surface area contributed by atoms with E-state index < -0.39 is 6.48 Å². The Morgan fingerprint density at radius 3 is 1.62 bits per heavy atom. The predicted octanol–water partition coefficient (Wildman–Crippen LogP) is 3.48. The van der Waals surface area contributed by atoms with Gasteiger partial charge in [-0.25, -0.2) is 24.9 Å². The van der Waals surface area contributed by atoms with E-state index in [2.05, 4.69) is 87.1 Å². The summed E-state index contributed by atoms with van der Waals surface area (Å²) in [5, 5.41) is 6.94. The van der Waals surface area contributed by atoms with Crippen molar-refractivity contribution in [2.45, 2.75) is 13.0 Å². The van der Waals surface area contributed by atoms with Crippen LogP contribution in [0.1, 0.15) is 0 Å². The van der Waals surface area contributed by atoms with E-state index in [1.54, 1.807) is 0 Å². The summed E-state index contributed by atoms with van der Waals surface area (Å²) in [6.45, 7) is 13.6. The summed E-state index contributed by atoms with van der Waals surface area (Å²) in [5.41, 5.74) is 10.7. The lowest BCUT2D eigenvalue weighted by atomic mass is 10.2. The first-order chi connectivity index (χ1) is 31.6. The molecule has 0 saturated carbocycles. The van der Waals surface area contributed by atoms with Crippen LogP contribution in [0.25, 0.3) is 33.9 Å². The molecule has 19 heteroatoms. The van der Waals surface area contributed by atoms with Gasteiger partial charge in [-0.2, -0.15) is 0 Å². The fraction of sp³-hybridized carbons (Fsp3) is 0.543. The van der Waals surface area contributed by atoms with Crippen LogP contribution in [0.3, 0.4) is 0 Å². The van der Waals surface area contributed by atoms with Crippen molar-refractivity contribution >= 4 is 34.3 Å².